The van der Waals surface area contributed by atoms with E-state index in [-0.39, 0.29) is 12.3 Å². The first-order chi connectivity index (χ1) is 7.13. The molecule has 1 aromatic carbocycles. The van der Waals surface area contributed by atoms with Gasteiger partial charge in [0.25, 0.3) is 0 Å². The van der Waals surface area contributed by atoms with Crippen molar-refractivity contribution in [3.05, 3.63) is 24.3 Å². The fourth-order valence-corrected chi connectivity index (χ4v) is 1.61. The zero-order valence-electron chi connectivity index (χ0n) is 8.08. The van der Waals surface area contributed by atoms with Crippen molar-refractivity contribution in [2.45, 2.75) is 12.2 Å². The van der Waals surface area contributed by atoms with Crippen LogP contribution < -0.4 is 27.6 Å². The molecule has 0 fully saturated rings. The molecule has 0 saturated carbocycles. The molecule has 0 atom stereocenters. The van der Waals surface area contributed by atoms with Crippen LogP contribution in [0.3, 0.4) is 0 Å². The smallest absolute Gasteiger partial charge is 0.239 e. The number of carbonyl (C=O) groups is 1. The number of carbonyl (C=O) groups excluding carboxylic acids is 1. The molecule has 1 amide bonds. The predicted molar refractivity (Wildman–Crippen MR) is 57.6 cm³/mol. The molecule has 0 bridgehead atoms. The minimum absolute atomic E-state index is 0.0537. The number of hydrogen-bond donors (Lipinski definition) is 5. The van der Waals surface area contributed by atoms with Crippen LogP contribution in [-0.4, -0.2) is 11.7 Å². The molecule has 1 aromatic rings. The number of para-hydroxylation sites is 2. The van der Waals surface area contributed by atoms with E-state index in [0.717, 1.165) is 11.4 Å². The molecule has 7 N–H and O–H groups in total. The molecule has 2 rings (SSSR count). The van der Waals surface area contributed by atoms with Crippen molar-refractivity contribution in [1.29, 1.82) is 0 Å². The molecule has 0 aromatic heterocycles. The fraction of sp³-hybridized carbons (Fsp3) is 0.222. The fourth-order valence-electron chi connectivity index (χ4n) is 1.61. The summed E-state index contributed by atoms with van der Waals surface area (Å²) in [4.78, 5) is 11.1. The van der Waals surface area contributed by atoms with Gasteiger partial charge in [-0.05, 0) is 12.1 Å². The molecule has 0 aliphatic carbocycles. The number of hydrazine groups is 1. The van der Waals surface area contributed by atoms with Gasteiger partial charge in [0, 0.05) is 0 Å². The van der Waals surface area contributed by atoms with Crippen molar-refractivity contribution >= 4 is 17.3 Å². The largest absolute Gasteiger partial charge is 0.349 e. The Morgan fingerprint density at radius 3 is 2.33 bits per heavy atom. The molecule has 0 spiro atoms. The summed E-state index contributed by atoms with van der Waals surface area (Å²) in [5, 5.41) is 6.05. The molecule has 1 heterocycles. The SMILES string of the molecule is NNC(=O)CC1(N)Nc2ccccc2N1. The lowest BCUT2D eigenvalue weighted by molar-refractivity contribution is -0.121. The quantitative estimate of drug-likeness (QED) is 0.256. The maximum atomic E-state index is 11.1. The van der Waals surface area contributed by atoms with Crippen LogP contribution in [0.4, 0.5) is 11.4 Å². The van der Waals surface area contributed by atoms with Crippen LogP contribution in [0.1, 0.15) is 6.42 Å². The number of hydrogen-bond acceptors (Lipinski definition) is 5. The monoisotopic (exact) mass is 207 g/mol. The third-order valence-electron chi connectivity index (χ3n) is 2.24. The highest BCUT2D eigenvalue weighted by atomic mass is 16.2. The van der Waals surface area contributed by atoms with Crippen LogP contribution in [0.5, 0.6) is 0 Å². The van der Waals surface area contributed by atoms with E-state index in [1.54, 1.807) is 0 Å². The molecule has 0 unspecified atom stereocenters. The van der Waals surface area contributed by atoms with Gasteiger partial charge < -0.3 is 10.6 Å². The summed E-state index contributed by atoms with van der Waals surface area (Å²) >= 11 is 0. The van der Waals surface area contributed by atoms with Crippen LogP contribution in [0.15, 0.2) is 24.3 Å². The van der Waals surface area contributed by atoms with Crippen LogP contribution >= 0.6 is 0 Å². The molecular weight excluding hydrogens is 194 g/mol. The number of anilines is 2. The maximum absolute atomic E-state index is 11.1. The second-order valence-corrected chi connectivity index (χ2v) is 3.51. The number of benzene rings is 1. The first kappa shape index (κ1) is 9.75. The Hall–Kier alpha value is -1.79. The van der Waals surface area contributed by atoms with Crippen molar-refractivity contribution in [2.24, 2.45) is 11.6 Å². The van der Waals surface area contributed by atoms with Crippen molar-refractivity contribution in [3.8, 4) is 0 Å². The molecule has 15 heavy (non-hydrogen) atoms. The molecule has 0 radical (unpaired) electrons. The Labute approximate surface area is 87.0 Å². The summed E-state index contributed by atoms with van der Waals surface area (Å²) in [6, 6.07) is 7.55. The number of rotatable bonds is 2. The van der Waals surface area contributed by atoms with E-state index in [4.69, 9.17) is 11.6 Å². The van der Waals surface area contributed by atoms with Gasteiger partial charge in [0.15, 0.2) is 5.79 Å². The third-order valence-corrected chi connectivity index (χ3v) is 2.24. The lowest BCUT2D eigenvalue weighted by Gasteiger charge is -2.24. The highest BCUT2D eigenvalue weighted by molar-refractivity contribution is 5.82. The predicted octanol–water partition coefficient (Wildman–Crippen LogP) is -0.483. The number of fused-ring (bicyclic) bond motifs is 1. The van der Waals surface area contributed by atoms with Gasteiger partial charge in [-0.25, -0.2) is 5.84 Å². The first-order valence-electron chi connectivity index (χ1n) is 4.57. The van der Waals surface area contributed by atoms with Crippen LogP contribution in [-0.2, 0) is 4.79 Å². The van der Waals surface area contributed by atoms with E-state index in [2.05, 4.69) is 10.6 Å². The second kappa shape index (κ2) is 3.41. The summed E-state index contributed by atoms with van der Waals surface area (Å²) in [5.41, 5.74) is 9.75. The number of amides is 1. The Bertz CT molecular complexity index is 367. The van der Waals surface area contributed by atoms with E-state index < -0.39 is 5.79 Å². The van der Waals surface area contributed by atoms with Gasteiger partial charge in [-0.2, -0.15) is 0 Å². The van der Waals surface area contributed by atoms with E-state index in [1.807, 2.05) is 29.7 Å². The molecule has 6 heteroatoms. The van der Waals surface area contributed by atoms with E-state index >= 15 is 0 Å². The highest BCUT2D eigenvalue weighted by Crippen LogP contribution is 2.32. The van der Waals surface area contributed by atoms with Gasteiger partial charge in [0.2, 0.25) is 5.91 Å². The summed E-state index contributed by atoms with van der Waals surface area (Å²) in [6.45, 7) is 0. The molecule has 6 nitrogen and oxygen atoms in total. The molecule has 1 aliphatic heterocycles. The molecule has 1 aliphatic rings. The van der Waals surface area contributed by atoms with Gasteiger partial charge >= 0.3 is 0 Å². The lowest BCUT2D eigenvalue weighted by atomic mass is 10.2. The van der Waals surface area contributed by atoms with Crippen molar-refractivity contribution in [2.75, 3.05) is 10.6 Å². The lowest BCUT2D eigenvalue weighted by Crippen LogP contribution is -2.54. The highest BCUT2D eigenvalue weighted by Gasteiger charge is 2.33. The average molecular weight is 207 g/mol. The zero-order chi connectivity index (χ0) is 10.9. The summed E-state index contributed by atoms with van der Waals surface area (Å²) < 4.78 is 0. The minimum Gasteiger partial charge on any atom is -0.349 e. The van der Waals surface area contributed by atoms with Gasteiger partial charge in [0.1, 0.15) is 0 Å². The van der Waals surface area contributed by atoms with E-state index in [9.17, 15) is 4.79 Å². The Balaban J connectivity index is 2.14. The van der Waals surface area contributed by atoms with E-state index in [1.165, 1.54) is 0 Å². The Kier molecular flexibility index (Phi) is 2.22. The first-order valence-corrected chi connectivity index (χ1v) is 4.57. The van der Waals surface area contributed by atoms with Crippen LogP contribution in [0, 0.1) is 0 Å². The van der Waals surface area contributed by atoms with Crippen LogP contribution in [0.25, 0.3) is 0 Å². The zero-order valence-corrected chi connectivity index (χ0v) is 8.08. The van der Waals surface area contributed by atoms with Crippen molar-refractivity contribution in [3.63, 3.8) is 0 Å². The summed E-state index contributed by atoms with van der Waals surface area (Å²) in [5.74, 6) is 3.71. The molecule has 80 valence electrons. The average Bonchev–Trinajstić information content (AvgIpc) is 2.53. The third kappa shape index (κ3) is 1.85. The summed E-state index contributed by atoms with van der Waals surface area (Å²) in [7, 11) is 0. The van der Waals surface area contributed by atoms with Gasteiger partial charge in [-0.3, -0.25) is 16.0 Å². The number of nitrogens with two attached hydrogens (primary N) is 2. The number of nitrogens with one attached hydrogen (secondary N) is 3. The normalized spacial score (nSPS) is 16.1. The maximum Gasteiger partial charge on any atom is 0.239 e. The Morgan fingerprint density at radius 2 is 1.87 bits per heavy atom. The van der Waals surface area contributed by atoms with Gasteiger partial charge in [0.05, 0.1) is 17.8 Å². The van der Waals surface area contributed by atoms with Crippen molar-refractivity contribution < 1.29 is 4.79 Å². The standard InChI is InChI=1S/C9H13N5O/c10-9(5-8(15)14-11)12-6-3-1-2-4-7(6)13-9/h1-4,12-13H,5,10-11H2,(H,14,15). The topological polar surface area (TPSA) is 105 Å². The van der Waals surface area contributed by atoms with E-state index in [0.29, 0.717) is 0 Å². The van der Waals surface area contributed by atoms with Crippen LogP contribution in [0.2, 0.25) is 0 Å². The second-order valence-electron chi connectivity index (χ2n) is 3.51. The Morgan fingerprint density at radius 1 is 1.33 bits per heavy atom. The molecule has 0 saturated heterocycles. The minimum atomic E-state index is -0.965. The van der Waals surface area contributed by atoms with Gasteiger partial charge in [-0.1, -0.05) is 12.1 Å². The molecular formula is C9H13N5O. The van der Waals surface area contributed by atoms with Crippen molar-refractivity contribution in [1.82, 2.24) is 5.43 Å². The summed E-state index contributed by atoms with van der Waals surface area (Å²) in [6.07, 6.45) is 0.0537. The van der Waals surface area contributed by atoms with Gasteiger partial charge in [-0.15, -0.1) is 0 Å².